The van der Waals surface area contributed by atoms with E-state index in [9.17, 15) is 20.0 Å². The van der Waals surface area contributed by atoms with Crippen molar-refractivity contribution in [2.75, 3.05) is 13.2 Å². The van der Waals surface area contributed by atoms with Gasteiger partial charge in [-0.05, 0) is 12.0 Å². The molecule has 2 N–H and O–H groups in total. The summed E-state index contributed by atoms with van der Waals surface area (Å²) >= 11 is 0. The zero-order valence-corrected chi connectivity index (χ0v) is 18.9. The van der Waals surface area contributed by atoms with Crippen LogP contribution in [0.3, 0.4) is 0 Å². The molecule has 0 bridgehead atoms. The Kier molecular flexibility index (Phi) is 15.0. The van der Waals surface area contributed by atoms with Gasteiger partial charge in [-0.15, -0.1) is 0 Å². The Hall–Kier alpha value is -2.28. The molecule has 0 spiro atoms. The molecule has 1 amide bonds. The highest BCUT2D eigenvalue weighted by atomic mass is 16.6. The van der Waals surface area contributed by atoms with E-state index < -0.39 is 17.6 Å². The van der Waals surface area contributed by atoms with E-state index in [1.165, 1.54) is 82.6 Å². The highest BCUT2D eigenvalue weighted by Gasteiger charge is 2.15. The highest BCUT2D eigenvalue weighted by molar-refractivity contribution is 5.87. The van der Waals surface area contributed by atoms with Crippen LogP contribution >= 0.6 is 0 Å². The average molecular weight is 434 g/mol. The summed E-state index contributed by atoms with van der Waals surface area (Å²) in [6.45, 7) is 2.41. The number of amides is 1. The number of nitrogens with one attached hydrogen (secondary N) is 1. The SMILES string of the molecule is CCCCCCCCCCCCCCNC(=O)[C@H](CO)N=Cc1cccc([N+](=O)[O-])c1. The number of nitro groups is 1. The second-order valence-corrected chi connectivity index (χ2v) is 8.01. The van der Waals surface area contributed by atoms with Crippen LogP contribution < -0.4 is 5.32 Å². The summed E-state index contributed by atoms with van der Waals surface area (Å²) in [7, 11) is 0. The Morgan fingerprint density at radius 1 is 1.06 bits per heavy atom. The predicted molar refractivity (Wildman–Crippen MR) is 126 cm³/mol. The van der Waals surface area contributed by atoms with Gasteiger partial charge in [0.25, 0.3) is 5.69 Å². The fourth-order valence-corrected chi connectivity index (χ4v) is 3.39. The van der Waals surface area contributed by atoms with Gasteiger partial charge in [-0.3, -0.25) is 19.9 Å². The van der Waals surface area contributed by atoms with Crippen molar-refractivity contribution < 1.29 is 14.8 Å². The van der Waals surface area contributed by atoms with Crippen LogP contribution in [0.5, 0.6) is 0 Å². The number of unbranched alkanes of at least 4 members (excludes halogenated alkanes) is 11. The topological polar surface area (TPSA) is 105 Å². The molecule has 0 radical (unpaired) electrons. The number of nitrogens with zero attached hydrogens (tertiary/aromatic N) is 2. The van der Waals surface area contributed by atoms with Crippen molar-refractivity contribution >= 4 is 17.8 Å². The minimum absolute atomic E-state index is 0.0408. The lowest BCUT2D eigenvalue weighted by molar-refractivity contribution is -0.384. The Balaban J connectivity index is 2.13. The van der Waals surface area contributed by atoms with Gasteiger partial charge in [-0.2, -0.15) is 0 Å². The fraction of sp³-hybridized carbons (Fsp3) is 0.667. The van der Waals surface area contributed by atoms with Crippen molar-refractivity contribution in [2.45, 2.75) is 90.0 Å². The molecule has 0 aliphatic heterocycles. The minimum atomic E-state index is -0.906. The standard InChI is InChI=1S/C24H39N3O4/c1-2-3-4-5-6-7-8-9-10-11-12-13-17-25-24(29)23(20-28)26-19-21-15-14-16-22(18-21)27(30)31/h14-16,18-19,23,28H,2-13,17,20H2,1H3,(H,25,29)/t23-/m0/s1. The number of aliphatic imine (C=N–C) groups is 1. The molecule has 0 aliphatic carbocycles. The van der Waals surface area contributed by atoms with Crippen molar-refractivity contribution in [3.8, 4) is 0 Å². The molecular weight excluding hydrogens is 394 g/mol. The second-order valence-electron chi connectivity index (χ2n) is 8.01. The zero-order chi connectivity index (χ0) is 22.7. The number of hydrogen-bond donors (Lipinski definition) is 2. The van der Waals surface area contributed by atoms with Gasteiger partial charge in [0.2, 0.25) is 5.91 Å². The molecule has 1 aromatic carbocycles. The third kappa shape index (κ3) is 12.9. The Bertz CT molecular complexity index is 664. The van der Waals surface area contributed by atoms with Crippen molar-refractivity contribution in [2.24, 2.45) is 4.99 Å². The summed E-state index contributed by atoms with van der Waals surface area (Å²) in [4.78, 5) is 26.6. The maximum Gasteiger partial charge on any atom is 0.270 e. The molecule has 1 atom stereocenters. The molecule has 0 heterocycles. The fourth-order valence-electron chi connectivity index (χ4n) is 3.39. The summed E-state index contributed by atoms with van der Waals surface area (Å²) in [5.41, 5.74) is 0.474. The molecule has 0 saturated carbocycles. The van der Waals surface area contributed by atoms with Crippen molar-refractivity contribution in [1.29, 1.82) is 0 Å². The van der Waals surface area contributed by atoms with Gasteiger partial charge >= 0.3 is 0 Å². The first-order chi connectivity index (χ1) is 15.1. The van der Waals surface area contributed by atoms with E-state index in [2.05, 4.69) is 17.2 Å². The number of rotatable bonds is 18. The molecular formula is C24H39N3O4. The molecule has 0 aromatic heterocycles. The smallest absolute Gasteiger partial charge is 0.270 e. The number of benzene rings is 1. The second kappa shape index (κ2) is 17.4. The van der Waals surface area contributed by atoms with Crippen LogP contribution in [-0.2, 0) is 4.79 Å². The molecule has 7 nitrogen and oxygen atoms in total. The first-order valence-corrected chi connectivity index (χ1v) is 11.7. The monoisotopic (exact) mass is 433 g/mol. The van der Waals surface area contributed by atoms with Crippen molar-refractivity contribution in [3.05, 3.63) is 39.9 Å². The van der Waals surface area contributed by atoms with Gasteiger partial charge in [-0.1, -0.05) is 89.7 Å². The average Bonchev–Trinajstić information content (AvgIpc) is 2.77. The Morgan fingerprint density at radius 3 is 2.19 bits per heavy atom. The van der Waals surface area contributed by atoms with Gasteiger partial charge < -0.3 is 10.4 Å². The first kappa shape index (κ1) is 26.8. The van der Waals surface area contributed by atoms with Crippen LogP contribution in [0.1, 0.15) is 89.5 Å². The summed E-state index contributed by atoms with van der Waals surface area (Å²) in [6, 6.07) is 5.08. The lowest BCUT2D eigenvalue weighted by atomic mass is 10.1. The zero-order valence-electron chi connectivity index (χ0n) is 18.9. The molecule has 0 unspecified atom stereocenters. The Morgan fingerprint density at radius 2 is 1.65 bits per heavy atom. The Labute approximate surface area is 186 Å². The van der Waals surface area contributed by atoms with Crippen molar-refractivity contribution in [3.63, 3.8) is 0 Å². The number of nitro benzene ring substituents is 1. The highest BCUT2D eigenvalue weighted by Crippen LogP contribution is 2.13. The molecule has 174 valence electrons. The normalized spacial score (nSPS) is 12.2. The quantitative estimate of drug-likeness (QED) is 0.144. The van der Waals surface area contributed by atoms with E-state index in [1.807, 2.05) is 0 Å². The van der Waals surface area contributed by atoms with E-state index in [1.54, 1.807) is 12.1 Å². The largest absolute Gasteiger partial charge is 0.394 e. The van der Waals surface area contributed by atoms with Crippen LogP contribution in [0, 0.1) is 10.1 Å². The first-order valence-electron chi connectivity index (χ1n) is 11.7. The third-order valence-corrected chi connectivity index (χ3v) is 5.29. The van der Waals surface area contributed by atoms with E-state index in [4.69, 9.17) is 0 Å². The molecule has 0 saturated heterocycles. The minimum Gasteiger partial charge on any atom is -0.394 e. The van der Waals surface area contributed by atoms with Gasteiger partial charge in [-0.25, -0.2) is 0 Å². The lowest BCUT2D eigenvalue weighted by Crippen LogP contribution is -2.36. The van der Waals surface area contributed by atoms with E-state index in [-0.39, 0.29) is 11.6 Å². The summed E-state index contributed by atoms with van der Waals surface area (Å²) < 4.78 is 0. The van der Waals surface area contributed by atoms with Crippen LogP contribution in [0.15, 0.2) is 29.3 Å². The number of non-ortho nitro benzene ring substituents is 1. The van der Waals surface area contributed by atoms with Gasteiger partial charge in [0.05, 0.1) is 11.5 Å². The number of hydrogen-bond acceptors (Lipinski definition) is 5. The summed E-state index contributed by atoms with van der Waals surface area (Å²) in [6.07, 6.45) is 16.5. The number of aliphatic hydroxyl groups is 1. The molecule has 31 heavy (non-hydrogen) atoms. The van der Waals surface area contributed by atoms with Gasteiger partial charge in [0, 0.05) is 24.9 Å². The van der Waals surface area contributed by atoms with Crippen molar-refractivity contribution in [1.82, 2.24) is 5.32 Å². The molecule has 1 aromatic rings. The van der Waals surface area contributed by atoms with E-state index in [0.29, 0.717) is 12.1 Å². The molecule has 0 aliphatic rings. The number of carbonyl (C=O) groups is 1. The number of aliphatic hydroxyl groups excluding tert-OH is 1. The van der Waals surface area contributed by atoms with E-state index >= 15 is 0 Å². The number of carbonyl (C=O) groups excluding carboxylic acids is 1. The van der Waals surface area contributed by atoms with Crippen LogP contribution in [0.4, 0.5) is 5.69 Å². The predicted octanol–water partition coefficient (Wildman–Crippen LogP) is 5.19. The van der Waals surface area contributed by atoms with Crippen LogP contribution in [-0.4, -0.2) is 41.3 Å². The third-order valence-electron chi connectivity index (χ3n) is 5.29. The van der Waals surface area contributed by atoms with Gasteiger partial charge in [0.15, 0.2) is 6.04 Å². The lowest BCUT2D eigenvalue weighted by Gasteiger charge is -2.10. The molecule has 7 heteroatoms. The van der Waals surface area contributed by atoms with Crippen LogP contribution in [0.2, 0.25) is 0 Å². The maximum absolute atomic E-state index is 12.2. The maximum atomic E-state index is 12.2. The summed E-state index contributed by atoms with van der Waals surface area (Å²) in [5.74, 6) is -0.327. The van der Waals surface area contributed by atoms with Gasteiger partial charge in [0.1, 0.15) is 0 Å². The van der Waals surface area contributed by atoms with Crippen LogP contribution in [0.25, 0.3) is 0 Å². The molecule has 1 rings (SSSR count). The summed E-state index contributed by atoms with van der Waals surface area (Å²) in [5, 5.41) is 23.1. The molecule has 0 fully saturated rings. The van der Waals surface area contributed by atoms with E-state index in [0.717, 1.165) is 12.8 Å².